The third-order valence-corrected chi connectivity index (χ3v) is 2.38. The summed E-state index contributed by atoms with van der Waals surface area (Å²) in [5.74, 6) is 3.32. The van der Waals surface area contributed by atoms with Crippen LogP contribution in [0.5, 0.6) is 0 Å². The minimum atomic E-state index is 0.543. The first kappa shape index (κ1) is 12.5. The summed E-state index contributed by atoms with van der Waals surface area (Å²) in [6.07, 6.45) is 7.16. The fourth-order valence-electron chi connectivity index (χ4n) is 1.43. The molecule has 1 rings (SSSR count). The molecule has 0 atom stereocenters. The van der Waals surface area contributed by atoms with Crippen LogP contribution in [0.3, 0.4) is 0 Å². The molecule has 0 bridgehead atoms. The lowest BCUT2D eigenvalue weighted by Crippen LogP contribution is -2.25. The Morgan fingerprint density at radius 1 is 1.56 bits per heavy atom. The molecule has 1 aromatic rings. The fourth-order valence-corrected chi connectivity index (χ4v) is 1.43. The molecule has 0 unspecified atom stereocenters. The maximum Gasteiger partial charge on any atom is 0.226 e. The van der Waals surface area contributed by atoms with E-state index in [4.69, 9.17) is 6.42 Å². The Morgan fingerprint density at radius 2 is 2.31 bits per heavy atom. The van der Waals surface area contributed by atoms with Gasteiger partial charge in [-0.25, -0.2) is 9.97 Å². The van der Waals surface area contributed by atoms with Crippen LogP contribution in [0, 0.1) is 19.3 Å². The summed E-state index contributed by atoms with van der Waals surface area (Å²) in [7, 11) is 1.91. The van der Waals surface area contributed by atoms with Crippen LogP contribution in [-0.2, 0) is 6.54 Å². The van der Waals surface area contributed by atoms with E-state index in [1.54, 1.807) is 0 Å². The molecule has 4 nitrogen and oxygen atoms in total. The number of anilines is 1. The van der Waals surface area contributed by atoms with Gasteiger partial charge in [0.05, 0.1) is 6.54 Å². The van der Waals surface area contributed by atoms with Crippen molar-refractivity contribution in [1.82, 2.24) is 15.3 Å². The van der Waals surface area contributed by atoms with Crippen molar-refractivity contribution in [3.05, 3.63) is 17.5 Å². The maximum absolute atomic E-state index is 5.30. The minimum absolute atomic E-state index is 0.543. The molecule has 0 aliphatic heterocycles. The summed E-state index contributed by atoms with van der Waals surface area (Å²) in [5.41, 5.74) is 2.11. The lowest BCUT2D eigenvalue weighted by molar-refractivity contribution is 0.785. The first-order chi connectivity index (χ1) is 7.72. The maximum atomic E-state index is 5.30. The molecule has 0 aliphatic carbocycles. The number of terminal acetylenes is 1. The van der Waals surface area contributed by atoms with E-state index >= 15 is 0 Å². The standard InChI is InChI=1S/C12H18N4/c1-5-7-16(6-2)12-14-9-11(8-13-4)10(3)15-12/h1,9,13H,6-8H2,2-4H3. The van der Waals surface area contributed by atoms with Crippen molar-refractivity contribution in [2.45, 2.75) is 20.4 Å². The number of aryl methyl sites for hydroxylation is 1. The predicted molar refractivity (Wildman–Crippen MR) is 66.3 cm³/mol. The van der Waals surface area contributed by atoms with Crippen molar-refractivity contribution < 1.29 is 0 Å². The molecule has 0 saturated carbocycles. The minimum Gasteiger partial charge on any atom is -0.330 e. The molecule has 1 heterocycles. The van der Waals surface area contributed by atoms with Crippen molar-refractivity contribution in [1.29, 1.82) is 0 Å². The average molecular weight is 218 g/mol. The fraction of sp³-hybridized carbons (Fsp3) is 0.500. The molecule has 4 heteroatoms. The quantitative estimate of drug-likeness (QED) is 0.748. The second kappa shape index (κ2) is 6.09. The third kappa shape index (κ3) is 2.94. The van der Waals surface area contributed by atoms with Crippen molar-refractivity contribution in [2.24, 2.45) is 0 Å². The Morgan fingerprint density at radius 3 is 2.81 bits per heavy atom. The summed E-state index contributed by atoms with van der Waals surface area (Å²) in [6.45, 7) is 6.17. The van der Waals surface area contributed by atoms with Gasteiger partial charge in [0.15, 0.2) is 0 Å². The number of hydrogen-bond acceptors (Lipinski definition) is 4. The topological polar surface area (TPSA) is 41.1 Å². The number of nitrogens with one attached hydrogen (secondary N) is 1. The van der Waals surface area contributed by atoms with Crippen LogP contribution in [0.2, 0.25) is 0 Å². The summed E-state index contributed by atoms with van der Waals surface area (Å²) in [4.78, 5) is 10.8. The lowest BCUT2D eigenvalue weighted by atomic mass is 10.2. The van der Waals surface area contributed by atoms with E-state index in [-0.39, 0.29) is 0 Å². The van der Waals surface area contributed by atoms with Gasteiger partial charge in [-0.15, -0.1) is 6.42 Å². The Labute approximate surface area is 97.1 Å². The van der Waals surface area contributed by atoms with Gasteiger partial charge in [-0.1, -0.05) is 5.92 Å². The van der Waals surface area contributed by atoms with E-state index < -0.39 is 0 Å². The molecule has 16 heavy (non-hydrogen) atoms. The predicted octanol–water partition coefficient (Wildman–Crippen LogP) is 0.964. The second-order valence-corrected chi connectivity index (χ2v) is 3.53. The van der Waals surface area contributed by atoms with Crippen molar-refractivity contribution in [3.63, 3.8) is 0 Å². The van der Waals surface area contributed by atoms with E-state index in [2.05, 4.69) is 21.2 Å². The summed E-state index contributed by atoms with van der Waals surface area (Å²) >= 11 is 0. The Kier molecular flexibility index (Phi) is 4.74. The van der Waals surface area contributed by atoms with Crippen LogP contribution in [0.4, 0.5) is 5.95 Å². The zero-order valence-electron chi connectivity index (χ0n) is 10.1. The molecule has 0 fully saturated rings. The molecule has 1 aromatic heterocycles. The molecule has 0 amide bonds. The average Bonchev–Trinajstić information content (AvgIpc) is 2.29. The smallest absolute Gasteiger partial charge is 0.226 e. The lowest BCUT2D eigenvalue weighted by Gasteiger charge is -2.18. The van der Waals surface area contributed by atoms with Crippen molar-refractivity contribution in [2.75, 3.05) is 25.0 Å². The first-order valence-electron chi connectivity index (χ1n) is 5.38. The van der Waals surface area contributed by atoms with Crippen molar-refractivity contribution >= 4 is 5.95 Å². The molecule has 0 spiro atoms. The van der Waals surface area contributed by atoms with Gasteiger partial charge in [0, 0.05) is 30.5 Å². The summed E-state index contributed by atoms with van der Waals surface area (Å²) in [5, 5.41) is 3.09. The molecular weight excluding hydrogens is 200 g/mol. The van der Waals surface area contributed by atoms with Crippen molar-refractivity contribution in [3.8, 4) is 12.3 Å². The highest BCUT2D eigenvalue weighted by Crippen LogP contribution is 2.10. The highest BCUT2D eigenvalue weighted by atomic mass is 15.2. The van der Waals surface area contributed by atoms with Gasteiger partial charge in [0.2, 0.25) is 5.95 Å². The van der Waals surface area contributed by atoms with E-state index in [9.17, 15) is 0 Å². The SMILES string of the molecule is C#CCN(CC)c1ncc(CNC)c(C)n1. The molecule has 0 aromatic carbocycles. The number of rotatable bonds is 5. The highest BCUT2D eigenvalue weighted by Gasteiger charge is 2.08. The number of aromatic nitrogens is 2. The second-order valence-electron chi connectivity index (χ2n) is 3.53. The van der Waals surface area contributed by atoms with E-state index in [0.29, 0.717) is 12.5 Å². The first-order valence-corrected chi connectivity index (χ1v) is 5.38. The van der Waals surface area contributed by atoms with Gasteiger partial charge in [-0.05, 0) is 20.9 Å². The van der Waals surface area contributed by atoms with Crippen LogP contribution < -0.4 is 10.2 Å². The van der Waals surface area contributed by atoms with Gasteiger partial charge < -0.3 is 10.2 Å². The van der Waals surface area contributed by atoms with Gasteiger partial charge >= 0.3 is 0 Å². The zero-order chi connectivity index (χ0) is 12.0. The van der Waals surface area contributed by atoms with E-state index in [0.717, 1.165) is 24.3 Å². The third-order valence-electron chi connectivity index (χ3n) is 2.38. The largest absolute Gasteiger partial charge is 0.330 e. The van der Waals surface area contributed by atoms with Gasteiger partial charge in [0.25, 0.3) is 0 Å². The number of nitrogens with zero attached hydrogens (tertiary/aromatic N) is 3. The molecule has 0 radical (unpaired) electrons. The van der Waals surface area contributed by atoms with Gasteiger partial charge in [-0.3, -0.25) is 0 Å². The normalized spacial score (nSPS) is 9.88. The van der Waals surface area contributed by atoms with Crippen LogP contribution >= 0.6 is 0 Å². The summed E-state index contributed by atoms with van der Waals surface area (Å²) < 4.78 is 0. The highest BCUT2D eigenvalue weighted by molar-refractivity contribution is 5.34. The summed E-state index contributed by atoms with van der Waals surface area (Å²) in [6, 6.07) is 0. The van der Waals surface area contributed by atoms with Crippen LogP contribution in [-0.4, -0.2) is 30.1 Å². The molecule has 0 saturated heterocycles. The molecule has 0 aliphatic rings. The molecule has 86 valence electrons. The van der Waals surface area contributed by atoms with E-state index in [1.807, 2.05) is 32.0 Å². The Balaban J connectivity index is 2.91. The van der Waals surface area contributed by atoms with Crippen LogP contribution in [0.1, 0.15) is 18.2 Å². The monoisotopic (exact) mass is 218 g/mol. The molecule has 1 N–H and O–H groups in total. The van der Waals surface area contributed by atoms with E-state index in [1.165, 1.54) is 0 Å². The van der Waals surface area contributed by atoms with Gasteiger partial charge in [0.1, 0.15) is 0 Å². The van der Waals surface area contributed by atoms with Crippen LogP contribution in [0.15, 0.2) is 6.20 Å². The van der Waals surface area contributed by atoms with Gasteiger partial charge in [-0.2, -0.15) is 0 Å². The Hall–Kier alpha value is -1.60. The zero-order valence-corrected chi connectivity index (χ0v) is 10.1. The van der Waals surface area contributed by atoms with Crippen LogP contribution in [0.25, 0.3) is 0 Å². The number of hydrogen-bond donors (Lipinski definition) is 1. The molecular formula is C12H18N4. The Bertz CT molecular complexity index is 381.